The van der Waals surface area contributed by atoms with Gasteiger partial charge in [-0.15, -0.1) is 11.3 Å². The number of rotatable bonds is 2. The Morgan fingerprint density at radius 2 is 2.21 bits per heavy atom. The number of carbonyl (C=O) groups excluding carboxylic acids is 1. The van der Waals surface area contributed by atoms with Crippen molar-refractivity contribution in [3.05, 3.63) is 34.7 Å². The molecular formula is C14H11NO3S. The predicted octanol–water partition coefficient (Wildman–Crippen LogP) is 2.09. The number of fused-ring (bicyclic) bond motifs is 1. The van der Waals surface area contributed by atoms with Crippen molar-refractivity contribution in [2.75, 3.05) is 6.54 Å². The van der Waals surface area contributed by atoms with Gasteiger partial charge in [0.25, 0.3) is 0 Å². The van der Waals surface area contributed by atoms with Gasteiger partial charge < -0.3 is 10.4 Å². The first kappa shape index (κ1) is 13.1. The monoisotopic (exact) mass is 273 g/mol. The van der Waals surface area contributed by atoms with Crippen molar-refractivity contribution >= 4 is 33.3 Å². The third kappa shape index (κ3) is 3.12. The van der Waals surface area contributed by atoms with Crippen molar-refractivity contribution in [3.63, 3.8) is 0 Å². The molecule has 19 heavy (non-hydrogen) atoms. The Hall–Kier alpha value is -2.32. The summed E-state index contributed by atoms with van der Waals surface area (Å²) in [6.07, 6.45) is 0. The minimum absolute atomic E-state index is 0.129. The lowest BCUT2D eigenvalue weighted by atomic mass is 10.1. The van der Waals surface area contributed by atoms with E-state index in [9.17, 15) is 9.59 Å². The van der Waals surface area contributed by atoms with Crippen LogP contribution in [0, 0.1) is 11.8 Å². The van der Waals surface area contributed by atoms with E-state index in [1.54, 1.807) is 6.07 Å². The van der Waals surface area contributed by atoms with Gasteiger partial charge in [-0.1, -0.05) is 17.9 Å². The second kappa shape index (κ2) is 5.55. The van der Waals surface area contributed by atoms with E-state index in [1.165, 1.54) is 18.3 Å². The molecule has 0 atom stereocenters. The Labute approximate surface area is 114 Å². The summed E-state index contributed by atoms with van der Waals surface area (Å²) in [5, 5.41) is 12.4. The molecule has 0 saturated carbocycles. The lowest BCUT2D eigenvalue weighted by Gasteiger charge is -1.94. The van der Waals surface area contributed by atoms with Gasteiger partial charge in [0, 0.05) is 22.6 Å². The molecule has 1 aromatic heterocycles. The van der Waals surface area contributed by atoms with Gasteiger partial charge in [0.05, 0.1) is 6.54 Å². The van der Waals surface area contributed by atoms with Crippen molar-refractivity contribution in [2.24, 2.45) is 0 Å². The van der Waals surface area contributed by atoms with E-state index in [0.29, 0.717) is 4.88 Å². The Bertz CT molecular complexity index is 706. The highest BCUT2D eigenvalue weighted by Gasteiger charge is 2.09. The summed E-state index contributed by atoms with van der Waals surface area (Å²) in [4.78, 5) is 21.9. The van der Waals surface area contributed by atoms with Crippen molar-refractivity contribution in [1.82, 2.24) is 5.32 Å². The molecule has 4 nitrogen and oxygen atoms in total. The number of hydrogen-bond donors (Lipinski definition) is 2. The molecule has 1 heterocycles. The van der Waals surface area contributed by atoms with E-state index in [2.05, 4.69) is 17.2 Å². The average molecular weight is 273 g/mol. The lowest BCUT2D eigenvalue weighted by Crippen LogP contribution is -2.19. The zero-order valence-corrected chi connectivity index (χ0v) is 11.0. The second-order valence-electron chi connectivity index (χ2n) is 3.84. The Kier molecular flexibility index (Phi) is 3.83. The molecular weight excluding hydrogens is 262 g/mol. The van der Waals surface area contributed by atoms with E-state index in [4.69, 9.17) is 5.11 Å². The molecule has 0 saturated heterocycles. The number of carboxylic acid groups (broad SMARTS) is 1. The first-order chi connectivity index (χ1) is 9.08. The number of amides is 1. The van der Waals surface area contributed by atoms with Gasteiger partial charge >= 0.3 is 5.97 Å². The first-order valence-corrected chi connectivity index (χ1v) is 6.39. The summed E-state index contributed by atoms with van der Waals surface area (Å²) in [6.45, 7) is 1.71. The Morgan fingerprint density at radius 1 is 1.42 bits per heavy atom. The molecule has 0 aliphatic carbocycles. The number of aromatic carboxylic acids is 1. The third-order valence-corrected chi connectivity index (χ3v) is 3.51. The Balaban J connectivity index is 2.32. The maximum absolute atomic E-state index is 10.9. The highest BCUT2D eigenvalue weighted by Crippen LogP contribution is 2.27. The molecule has 1 amide bonds. The maximum Gasteiger partial charge on any atom is 0.345 e. The standard InChI is InChI=1S/C14H11NO3S/c1-9(16)15-7-3-5-10-4-2-6-12-11(10)8-13(19-12)14(17)18/h2,4,6,8H,7H2,1H3,(H,15,16)(H,17,18). The van der Waals surface area contributed by atoms with Crippen LogP contribution in [0.25, 0.3) is 10.1 Å². The van der Waals surface area contributed by atoms with Gasteiger partial charge in [-0.3, -0.25) is 4.79 Å². The molecule has 96 valence electrons. The van der Waals surface area contributed by atoms with Crippen LogP contribution in [0.1, 0.15) is 22.2 Å². The number of benzene rings is 1. The van der Waals surface area contributed by atoms with Crippen LogP contribution in [0.5, 0.6) is 0 Å². The molecule has 2 N–H and O–H groups in total. The van der Waals surface area contributed by atoms with Gasteiger partial charge in [-0.2, -0.15) is 0 Å². The molecule has 2 aromatic rings. The number of carbonyl (C=O) groups is 2. The summed E-state index contributed by atoms with van der Waals surface area (Å²) in [5.41, 5.74) is 0.770. The fourth-order valence-electron chi connectivity index (χ4n) is 1.58. The van der Waals surface area contributed by atoms with Crippen LogP contribution in [0.3, 0.4) is 0 Å². The molecule has 1 aromatic carbocycles. The molecule has 2 rings (SSSR count). The SMILES string of the molecule is CC(=O)NCC#Cc1cccc2sc(C(=O)O)cc12. The largest absolute Gasteiger partial charge is 0.477 e. The van der Waals surface area contributed by atoms with Gasteiger partial charge in [-0.25, -0.2) is 4.79 Å². The topological polar surface area (TPSA) is 66.4 Å². The van der Waals surface area contributed by atoms with Crippen LogP contribution in [-0.4, -0.2) is 23.5 Å². The third-order valence-electron chi connectivity index (χ3n) is 2.42. The Morgan fingerprint density at radius 3 is 2.89 bits per heavy atom. The maximum atomic E-state index is 10.9. The number of hydrogen-bond acceptors (Lipinski definition) is 3. The molecule has 0 bridgehead atoms. The summed E-state index contributed by atoms with van der Waals surface area (Å²) >= 11 is 1.23. The van der Waals surface area contributed by atoms with Gasteiger partial charge in [0.15, 0.2) is 0 Å². The normalized spacial score (nSPS) is 9.74. The number of thiophene rings is 1. The summed E-state index contributed by atoms with van der Waals surface area (Å²) in [5.74, 6) is 4.72. The minimum atomic E-state index is -0.932. The van der Waals surface area contributed by atoms with Gasteiger partial charge in [-0.05, 0) is 18.2 Å². The quantitative estimate of drug-likeness (QED) is 0.823. The lowest BCUT2D eigenvalue weighted by molar-refractivity contribution is -0.118. The number of nitrogens with one attached hydrogen (secondary N) is 1. The molecule has 0 aliphatic rings. The fourth-order valence-corrected chi connectivity index (χ4v) is 2.51. The van der Waals surface area contributed by atoms with Crippen molar-refractivity contribution in [1.29, 1.82) is 0 Å². The van der Waals surface area contributed by atoms with Crippen molar-refractivity contribution in [3.8, 4) is 11.8 Å². The van der Waals surface area contributed by atoms with Crippen LogP contribution in [-0.2, 0) is 4.79 Å². The zero-order chi connectivity index (χ0) is 13.8. The van der Waals surface area contributed by atoms with E-state index < -0.39 is 5.97 Å². The van der Waals surface area contributed by atoms with Crippen molar-refractivity contribution in [2.45, 2.75) is 6.92 Å². The molecule has 0 unspecified atom stereocenters. The molecule has 0 aliphatic heterocycles. The highest BCUT2D eigenvalue weighted by molar-refractivity contribution is 7.20. The molecule has 0 fully saturated rings. The van der Waals surface area contributed by atoms with Crippen LogP contribution in [0.4, 0.5) is 0 Å². The van der Waals surface area contributed by atoms with Crippen LogP contribution in [0.15, 0.2) is 24.3 Å². The minimum Gasteiger partial charge on any atom is -0.477 e. The highest BCUT2D eigenvalue weighted by atomic mass is 32.1. The van der Waals surface area contributed by atoms with E-state index in [0.717, 1.165) is 15.6 Å². The summed E-state index contributed by atoms with van der Waals surface area (Å²) in [6, 6.07) is 7.17. The second-order valence-corrected chi connectivity index (χ2v) is 4.93. The molecule has 0 spiro atoms. The molecule has 0 radical (unpaired) electrons. The van der Waals surface area contributed by atoms with Crippen LogP contribution >= 0.6 is 11.3 Å². The van der Waals surface area contributed by atoms with E-state index in [-0.39, 0.29) is 12.5 Å². The number of carboxylic acids is 1. The summed E-state index contributed by atoms with van der Waals surface area (Å²) in [7, 11) is 0. The molecule has 5 heteroatoms. The van der Waals surface area contributed by atoms with Gasteiger partial charge in [0.1, 0.15) is 4.88 Å². The van der Waals surface area contributed by atoms with Crippen LogP contribution < -0.4 is 5.32 Å². The predicted molar refractivity (Wildman–Crippen MR) is 74.3 cm³/mol. The van der Waals surface area contributed by atoms with E-state index >= 15 is 0 Å². The fraction of sp³-hybridized carbons (Fsp3) is 0.143. The van der Waals surface area contributed by atoms with E-state index in [1.807, 2.05) is 18.2 Å². The van der Waals surface area contributed by atoms with Crippen molar-refractivity contribution < 1.29 is 14.7 Å². The van der Waals surface area contributed by atoms with Gasteiger partial charge in [0.2, 0.25) is 5.91 Å². The average Bonchev–Trinajstić information content (AvgIpc) is 2.79. The summed E-state index contributed by atoms with van der Waals surface area (Å²) < 4.78 is 0.892. The first-order valence-electron chi connectivity index (χ1n) is 5.57. The zero-order valence-electron chi connectivity index (χ0n) is 10.2. The smallest absolute Gasteiger partial charge is 0.345 e. The van der Waals surface area contributed by atoms with Crippen LogP contribution in [0.2, 0.25) is 0 Å².